The number of carbonyl (C=O) groups is 3. The summed E-state index contributed by atoms with van der Waals surface area (Å²) in [5, 5.41) is 0. The standard InChI is InChI=1S/C65H124O6/c1-4-7-10-13-16-19-22-25-27-28-29-30-31-32-33-34-35-36-37-39-40-43-46-49-52-55-58-64(67)70-61-62(60-69-63(66)57-54-51-48-45-42-24-21-18-15-12-9-6-3)71-65(68)59-56-53-50-47-44-41-38-26-23-20-17-14-11-8-5-2/h18,21,62H,4-17,19-20,22-61H2,1-3H3/b21-18-. The maximum atomic E-state index is 12.9. The van der Waals surface area contributed by atoms with Gasteiger partial charge in [0.05, 0.1) is 0 Å². The van der Waals surface area contributed by atoms with E-state index in [4.69, 9.17) is 14.2 Å². The van der Waals surface area contributed by atoms with Crippen LogP contribution in [0.3, 0.4) is 0 Å². The van der Waals surface area contributed by atoms with Crippen molar-refractivity contribution >= 4 is 17.9 Å². The Balaban J connectivity index is 4.15. The van der Waals surface area contributed by atoms with Crippen LogP contribution in [0.5, 0.6) is 0 Å². The molecule has 420 valence electrons. The summed E-state index contributed by atoms with van der Waals surface area (Å²) in [6.45, 7) is 6.68. The van der Waals surface area contributed by atoms with Crippen molar-refractivity contribution in [1.82, 2.24) is 0 Å². The van der Waals surface area contributed by atoms with E-state index in [1.807, 2.05) is 0 Å². The smallest absolute Gasteiger partial charge is 0.306 e. The molecule has 71 heavy (non-hydrogen) atoms. The van der Waals surface area contributed by atoms with Crippen molar-refractivity contribution in [3.63, 3.8) is 0 Å². The van der Waals surface area contributed by atoms with Crippen LogP contribution in [0.2, 0.25) is 0 Å². The third-order valence-electron chi connectivity index (χ3n) is 14.8. The molecule has 0 saturated heterocycles. The summed E-state index contributed by atoms with van der Waals surface area (Å²) in [4.78, 5) is 38.2. The van der Waals surface area contributed by atoms with Crippen LogP contribution in [0.1, 0.15) is 367 Å². The predicted octanol–water partition coefficient (Wildman–Crippen LogP) is 21.7. The Morgan fingerprint density at radius 3 is 0.732 bits per heavy atom. The molecule has 0 saturated carbocycles. The number of allylic oxidation sites excluding steroid dienone is 2. The second-order valence-corrected chi connectivity index (χ2v) is 22.0. The molecule has 0 heterocycles. The normalized spacial score (nSPS) is 12.0. The molecule has 0 amide bonds. The van der Waals surface area contributed by atoms with Crippen LogP contribution >= 0.6 is 0 Å². The van der Waals surface area contributed by atoms with Gasteiger partial charge in [-0.25, -0.2) is 0 Å². The lowest BCUT2D eigenvalue weighted by Gasteiger charge is -2.18. The number of rotatable bonds is 60. The number of carbonyl (C=O) groups excluding carboxylic acids is 3. The van der Waals surface area contributed by atoms with E-state index in [9.17, 15) is 14.4 Å². The molecule has 0 aliphatic rings. The Bertz CT molecular complexity index is 1100. The average Bonchev–Trinajstić information content (AvgIpc) is 3.37. The quantitative estimate of drug-likeness (QED) is 0.0261. The van der Waals surface area contributed by atoms with Crippen molar-refractivity contribution in [1.29, 1.82) is 0 Å². The second-order valence-electron chi connectivity index (χ2n) is 22.0. The van der Waals surface area contributed by atoms with Crippen LogP contribution in [0.15, 0.2) is 12.2 Å². The van der Waals surface area contributed by atoms with E-state index in [0.29, 0.717) is 19.3 Å². The minimum absolute atomic E-state index is 0.0662. The van der Waals surface area contributed by atoms with Gasteiger partial charge in [-0.15, -0.1) is 0 Å². The molecule has 1 unspecified atom stereocenters. The molecule has 0 fully saturated rings. The fourth-order valence-electron chi connectivity index (χ4n) is 9.91. The van der Waals surface area contributed by atoms with Crippen LogP contribution in [-0.2, 0) is 28.6 Å². The third-order valence-corrected chi connectivity index (χ3v) is 14.8. The zero-order valence-corrected chi connectivity index (χ0v) is 48.3. The molecule has 0 aliphatic carbocycles. The zero-order valence-electron chi connectivity index (χ0n) is 48.3. The maximum Gasteiger partial charge on any atom is 0.306 e. The van der Waals surface area contributed by atoms with E-state index in [2.05, 4.69) is 32.9 Å². The molecule has 0 N–H and O–H groups in total. The Hall–Kier alpha value is -1.85. The number of unbranched alkanes of at least 4 members (excludes halogenated alkanes) is 47. The van der Waals surface area contributed by atoms with Gasteiger partial charge in [-0.1, -0.05) is 315 Å². The van der Waals surface area contributed by atoms with E-state index in [1.54, 1.807) is 0 Å². The first-order valence-electron chi connectivity index (χ1n) is 32.2. The van der Waals surface area contributed by atoms with Crippen molar-refractivity contribution in [2.24, 2.45) is 0 Å². The topological polar surface area (TPSA) is 78.9 Å². The van der Waals surface area contributed by atoms with E-state index < -0.39 is 6.10 Å². The Morgan fingerprint density at radius 2 is 0.465 bits per heavy atom. The van der Waals surface area contributed by atoms with Crippen molar-refractivity contribution in [2.45, 2.75) is 374 Å². The van der Waals surface area contributed by atoms with Crippen molar-refractivity contribution < 1.29 is 28.6 Å². The summed E-state index contributed by atoms with van der Waals surface area (Å²) in [5.74, 6) is -0.848. The van der Waals surface area contributed by atoms with Crippen LogP contribution in [-0.4, -0.2) is 37.2 Å². The van der Waals surface area contributed by atoms with Gasteiger partial charge in [0, 0.05) is 19.3 Å². The number of esters is 3. The first-order valence-corrected chi connectivity index (χ1v) is 32.2. The number of hydrogen-bond donors (Lipinski definition) is 0. The van der Waals surface area contributed by atoms with Gasteiger partial charge >= 0.3 is 17.9 Å². The largest absolute Gasteiger partial charge is 0.462 e. The third kappa shape index (κ3) is 58.9. The van der Waals surface area contributed by atoms with Crippen molar-refractivity contribution in [3.05, 3.63) is 12.2 Å². The van der Waals surface area contributed by atoms with Crippen molar-refractivity contribution in [2.75, 3.05) is 13.2 Å². The van der Waals surface area contributed by atoms with Gasteiger partial charge in [0.15, 0.2) is 6.10 Å². The highest BCUT2D eigenvalue weighted by molar-refractivity contribution is 5.71. The predicted molar refractivity (Wildman–Crippen MR) is 307 cm³/mol. The molecule has 6 heteroatoms. The SMILES string of the molecule is CCCCC/C=C\CCCCCCCC(=O)OCC(COC(=O)CCCCCCCCCCCCCCCCCCCCCCCCCCCC)OC(=O)CCCCCCCCCCCCCCCCC. The number of ether oxygens (including phenoxy) is 3. The molecule has 0 bridgehead atoms. The molecular formula is C65H124O6. The Kier molecular flexibility index (Phi) is 59.1. The molecular weight excluding hydrogens is 877 g/mol. The zero-order chi connectivity index (χ0) is 51.4. The average molecular weight is 1000 g/mol. The molecule has 0 aromatic carbocycles. The molecule has 1 atom stereocenters. The molecule has 0 aromatic rings. The van der Waals surface area contributed by atoms with Crippen molar-refractivity contribution in [3.8, 4) is 0 Å². The van der Waals surface area contributed by atoms with E-state index in [0.717, 1.165) is 64.2 Å². The van der Waals surface area contributed by atoms with Gasteiger partial charge < -0.3 is 14.2 Å². The summed E-state index contributed by atoms with van der Waals surface area (Å²) < 4.78 is 16.9. The Labute approximate surface area is 443 Å². The molecule has 0 rings (SSSR count). The summed E-state index contributed by atoms with van der Waals surface area (Å²) >= 11 is 0. The second kappa shape index (κ2) is 60.7. The molecule has 0 spiro atoms. The van der Waals surface area contributed by atoms with Crippen LogP contribution < -0.4 is 0 Å². The van der Waals surface area contributed by atoms with Gasteiger partial charge in [0.1, 0.15) is 13.2 Å². The van der Waals surface area contributed by atoms with Gasteiger partial charge in [-0.2, -0.15) is 0 Å². The molecule has 0 aliphatic heterocycles. The summed E-state index contributed by atoms with van der Waals surface area (Å²) in [5.41, 5.74) is 0. The van der Waals surface area contributed by atoms with Gasteiger partial charge in [-0.05, 0) is 44.9 Å². The maximum absolute atomic E-state index is 12.9. The summed E-state index contributed by atoms with van der Waals surface area (Å²) in [7, 11) is 0. The lowest BCUT2D eigenvalue weighted by molar-refractivity contribution is -0.167. The Morgan fingerprint density at radius 1 is 0.268 bits per heavy atom. The van der Waals surface area contributed by atoms with Crippen LogP contribution in [0, 0.1) is 0 Å². The molecule has 6 nitrogen and oxygen atoms in total. The minimum atomic E-state index is -0.768. The summed E-state index contributed by atoms with van der Waals surface area (Å²) in [6.07, 6.45) is 70.9. The lowest BCUT2D eigenvalue weighted by atomic mass is 10.0. The highest BCUT2D eigenvalue weighted by Gasteiger charge is 2.19. The first kappa shape index (κ1) is 69.2. The monoisotopic (exact) mass is 1000 g/mol. The summed E-state index contributed by atoms with van der Waals surface area (Å²) in [6, 6.07) is 0. The van der Waals surface area contributed by atoms with Gasteiger partial charge in [0.25, 0.3) is 0 Å². The molecule has 0 aromatic heterocycles. The van der Waals surface area contributed by atoms with Crippen LogP contribution in [0.25, 0.3) is 0 Å². The van der Waals surface area contributed by atoms with E-state index in [-0.39, 0.29) is 31.1 Å². The lowest BCUT2D eigenvalue weighted by Crippen LogP contribution is -2.30. The number of hydrogen-bond acceptors (Lipinski definition) is 6. The van der Waals surface area contributed by atoms with E-state index in [1.165, 1.54) is 263 Å². The fourth-order valence-corrected chi connectivity index (χ4v) is 9.91. The molecule has 0 radical (unpaired) electrons. The minimum Gasteiger partial charge on any atom is -0.462 e. The van der Waals surface area contributed by atoms with E-state index >= 15 is 0 Å². The fraction of sp³-hybridized carbons (Fsp3) is 0.923. The van der Waals surface area contributed by atoms with Gasteiger partial charge in [0.2, 0.25) is 0 Å². The van der Waals surface area contributed by atoms with Crippen LogP contribution in [0.4, 0.5) is 0 Å². The highest BCUT2D eigenvalue weighted by atomic mass is 16.6. The first-order chi connectivity index (χ1) is 35.0. The highest BCUT2D eigenvalue weighted by Crippen LogP contribution is 2.18. The van der Waals surface area contributed by atoms with Gasteiger partial charge in [-0.3, -0.25) is 14.4 Å².